The Morgan fingerprint density at radius 1 is 0.373 bits per heavy atom. The highest BCUT2D eigenvalue weighted by atomic mass is 16.8. The summed E-state index contributed by atoms with van der Waals surface area (Å²) in [4.78, 5) is 66.1. The van der Waals surface area contributed by atoms with Gasteiger partial charge >= 0.3 is 11.9 Å². The second-order valence-electron chi connectivity index (χ2n) is 27.4. The summed E-state index contributed by atoms with van der Waals surface area (Å²) in [7, 11) is 0. The number of rotatable bonds is 31. The van der Waals surface area contributed by atoms with Crippen LogP contribution in [-0.2, 0) is 95.0 Å². The van der Waals surface area contributed by atoms with Crippen molar-refractivity contribution >= 4 is 29.7 Å². The fraction of sp³-hybridized carbons (Fsp3) is 0.917. The number of carbonyl (C=O) groups excluding carboxylic acids is 3. The van der Waals surface area contributed by atoms with Crippen molar-refractivity contribution in [2.75, 3.05) is 52.9 Å². The van der Waals surface area contributed by atoms with Crippen molar-refractivity contribution in [1.82, 2.24) is 16.0 Å². The highest BCUT2D eigenvalue weighted by Crippen LogP contribution is 2.43. The van der Waals surface area contributed by atoms with E-state index >= 15 is 0 Å². The normalized spacial score (nSPS) is 46.5. The van der Waals surface area contributed by atoms with Crippen molar-refractivity contribution in [3.05, 3.63) is 0 Å². The Morgan fingerprint density at radius 2 is 0.736 bits per heavy atom. The Hall–Kier alpha value is -4.25. The number of amides is 3. The van der Waals surface area contributed by atoms with Gasteiger partial charge in [0.2, 0.25) is 17.7 Å². The zero-order chi connectivity index (χ0) is 81.8. The number of hydrogen-bond donors (Lipinski definition) is 30. The first-order valence-corrected chi connectivity index (χ1v) is 34.4. The molecule has 0 saturated carbocycles. The molecule has 8 saturated heterocycles. The lowest BCUT2D eigenvalue weighted by molar-refractivity contribution is -0.405. The molecule has 0 unspecified atom stereocenters. The molecule has 636 valence electrons. The zero-order valence-corrected chi connectivity index (χ0v) is 58.4. The third kappa shape index (κ3) is 19.4. The maximum Gasteiger partial charge on any atom is 0.364 e. The van der Waals surface area contributed by atoms with Gasteiger partial charge in [-0.3, -0.25) is 14.4 Å². The van der Waals surface area contributed by atoms with E-state index in [2.05, 4.69) is 16.0 Å². The van der Waals surface area contributed by atoms with Gasteiger partial charge in [0.25, 0.3) is 11.6 Å². The molecule has 8 aliphatic rings. The third-order valence-corrected chi connectivity index (χ3v) is 19.8. The summed E-state index contributed by atoms with van der Waals surface area (Å²) in [5.74, 6) is -14.9. The Morgan fingerprint density at radius 3 is 1.18 bits per heavy atom. The molecule has 0 bridgehead atoms. The van der Waals surface area contributed by atoms with E-state index in [0.29, 0.717) is 0 Å². The Balaban J connectivity index is 1.16. The molecule has 50 nitrogen and oxygen atoms in total. The molecule has 3 amide bonds. The van der Waals surface area contributed by atoms with Crippen molar-refractivity contribution in [2.24, 2.45) is 0 Å². The number of carboxylic acids is 2. The molecule has 0 aromatic rings. The molecular formula is C60H99N3O47. The van der Waals surface area contributed by atoms with Crippen LogP contribution >= 0.6 is 0 Å². The van der Waals surface area contributed by atoms with Crippen LogP contribution in [0.3, 0.4) is 0 Å². The molecular weight excluding hydrogens is 1510 g/mol. The van der Waals surface area contributed by atoms with Gasteiger partial charge in [-0.15, -0.1) is 0 Å². The number of carbonyl (C=O) groups is 5. The van der Waals surface area contributed by atoms with Crippen LogP contribution < -0.4 is 16.0 Å². The molecule has 8 heterocycles. The van der Waals surface area contributed by atoms with Crippen molar-refractivity contribution in [2.45, 2.75) is 290 Å². The minimum absolute atomic E-state index is 0.822. The van der Waals surface area contributed by atoms with Crippen LogP contribution in [0.1, 0.15) is 33.6 Å². The molecule has 0 aromatic carbocycles. The number of carboxylic acid groups (broad SMARTS) is 2. The molecule has 0 radical (unpaired) electrons. The molecule has 8 rings (SSSR count). The second kappa shape index (κ2) is 38.7. The van der Waals surface area contributed by atoms with Gasteiger partial charge < -0.3 is 225 Å². The summed E-state index contributed by atoms with van der Waals surface area (Å²) in [6, 6.07) is -6.16. The zero-order valence-electron chi connectivity index (χ0n) is 58.4. The molecule has 30 N–H and O–H groups in total. The van der Waals surface area contributed by atoms with Gasteiger partial charge in [0.1, 0.15) is 183 Å². The van der Waals surface area contributed by atoms with Crippen LogP contribution in [-0.4, -0.2) is 477 Å². The molecule has 110 heavy (non-hydrogen) atoms. The number of ether oxygens (including phenoxy) is 15. The SMILES string of the molecule is CC(=O)N[C@H]1[C@H](O[C@@H]2[C@H](O[C@]3(C(=O)O)C[C@H](O)[C@@H](NC(C)=O)[C@H]([C@H](O)[C@@H](CO)O[C@]4(C(=O)O)C[C@H](O)[C@@H](NC(C)=O)[C@H]([C@H](O)[C@H](O)CO)O4)O3)[C@@H](O)[C@H](O[C@H]3[C@H](O)[C@@H](O)[C@H](O)O[C@@H]3CO)O[C@@H]2CO)O[C@H](CO)[C@H](O)[C@@H]1O[C@@H]1O[C@H](CO)[C@H](O)[C@H](O[C@H]2O[C@H](CO)[C@H](O)[C@H](O[C@H]3O[C@H](CO)[C@H](O)[C@H](O)[C@H]3O)[C@H]2O)[C@H]1O. The lowest BCUT2D eigenvalue weighted by atomic mass is 9.87. The minimum atomic E-state index is -3.74. The van der Waals surface area contributed by atoms with Crippen LogP contribution in [0.4, 0.5) is 0 Å². The van der Waals surface area contributed by atoms with E-state index in [0.717, 1.165) is 20.8 Å². The van der Waals surface area contributed by atoms with Crippen LogP contribution in [0.25, 0.3) is 0 Å². The lowest BCUT2D eigenvalue weighted by Crippen LogP contribution is -2.73. The molecule has 0 spiro atoms. The van der Waals surface area contributed by atoms with E-state index in [1.807, 2.05) is 0 Å². The first-order chi connectivity index (χ1) is 51.8. The summed E-state index contributed by atoms with van der Waals surface area (Å²) in [6.45, 7) is -7.50. The first-order valence-electron chi connectivity index (χ1n) is 34.4. The quantitative estimate of drug-likeness (QED) is 0.0306. The monoisotopic (exact) mass is 1610 g/mol. The smallest absolute Gasteiger partial charge is 0.364 e. The number of aliphatic hydroxyl groups is 25. The van der Waals surface area contributed by atoms with E-state index in [1.54, 1.807) is 0 Å². The van der Waals surface area contributed by atoms with Gasteiger partial charge in [-0.05, 0) is 0 Å². The molecule has 8 fully saturated rings. The van der Waals surface area contributed by atoms with E-state index in [4.69, 9.17) is 71.1 Å². The van der Waals surface area contributed by atoms with Gasteiger partial charge in [-0.2, -0.15) is 0 Å². The average molecular weight is 1610 g/mol. The summed E-state index contributed by atoms with van der Waals surface area (Å²) in [6.07, 6.45) is -86.9. The van der Waals surface area contributed by atoms with Crippen molar-refractivity contribution in [3.8, 4) is 0 Å². The van der Waals surface area contributed by atoms with Crippen LogP contribution in [0.2, 0.25) is 0 Å². The molecule has 42 atom stereocenters. The van der Waals surface area contributed by atoms with Crippen LogP contribution in [0.15, 0.2) is 0 Å². The average Bonchev–Trinajstić information content (AvgIpc) is 0.747. The molecule has 0 aromatic heterocycles. The fourth-order valence-electron chi connectivity index (χ4n) is 14.1. The maximum atomic E-state index is 14.2. The van der Waals surface area contributed by atoms with Gasteiger partial charge in [-0.1, -0.05) is 0 Å². The van der Waals surface area contributed by atoms with Crippen molar-refractivity contribution in [1.29, 1.82) is 0 Å². The lowest BCUT2D eigenvalue weighted by Gasteiger charge is -2.53. The summed E-state index contributed by atoms with van der Waals surface area (Å²) in [5, 5.41) is 305. The highest BCUT2D eigenvalue weighted by molar-refractivity contribution is 5.77. The maximum absolute atomic E-state index is 14.2. The Labute approximate surface area is 620 Å². The van der Waals surface area contributed by atoms with Crippen molar-refractivity contribution in [3.63, 3.8) is 0 Å². The van der Waals surface area contributed by atoms with E-state index in [-0.39, 0.29) is 0 Å². The van der Waals surface area contributed by atoms with Crippen LogP contribution in [0.5, 0.6) is 0 Å². The fourth-order valence-corrected chi connectivity index (χ4v) is 14.1. The van der Waals surface area contributed by atoms with Gasteiger partial charge in [0.05, 0.1) is 77.1 Å². The van der Waals surface area contributed by atoms with Crippen LogP contribution in [0, 0.1) is 0 Å². The summed E-state index contributed by atoms with van der Waals surface area (Å²) >= 11 is 0. The van der Waals surface area contributed by atoms with Gasteiger partial charge in [0.15, 0.2) is 37.7 Å². The van der Waals surface area contributed by atoms with Crippen molar-refractivity contribution < 1.29 is 233 Å². The summed E-state index contributed by atoms with van der Waals surface area (Å²) in [5.41, 5.74) is 0. The highest BCUT2D eigenvalue weighted by Gasteiger charge is 2.65. The third-order valence-electron chi connectivity index (χ3n) is 19.8. The van der Waals surface area contributed by atoms with Gasteiger partial charge in [-0.25, -0.2) is 9.59 Å². The number of hydrogen-bond acceptors (Lipinski definition) is 45. The number of nitrogens with one attached hydrogen (secondary N) is 3. The Bertz CT molecular complexity index is 2980. The molecule has 50 heteroatoms. The van der Waals surface area contributed by atoms with Gasteiger partial charge in [0, 0.05) is 33.6 Å². The molecule has 8 aliphatic heterocycles. The summed E-state index contributed by atoms with van der Waals surface area (Å²) < 4.78 is 86.9. The first kappa shape index (κ1) is 91.3. The topological polar surface area (TPSA) is 806 Å². The Kier molecular flexibility index (Phi) is 32.1. The number of aliphatic hydroxyl groups excluding tert-OH is 25. The number of aliphatic carboxylic acids is 2. The minimum Gasteiger partial charge on any atom is -0.477 e. The van der Waals surface area contributed by atoms with E-state index in [1.165, 1.54) is 0 Å². The van der Waals surface area contributed by atoms with E-state index < -0.39 is 352 Å². The largest absolute Gasteiger partial charge is 0.477 e. The predicted octanol–water partition coefficient (Wildman–Crippen LogP) is -19.6. The molecule has 0 aliphatic carbocycles. The predicted molar refractivity (Wildman–Crippen MR) is 334 cm³/mol. The second-order valence-corrected chi connectivity index (χ2v) is 27.4. The van der Waals surface area contributed by atoms with E-state index in [9.17, 15) is 162 Å². The standard InChI is InChI=1S/C60H99N3O47/c1-14(72)61-27-17(75)4-59(57(92)93,108-46(27)30(78)19(77)6-64)107-24(11-69)35(83)47-28(62-15(2)73)18(76)5-60(109-47,58(94)95)110-50-42(90)56(102-43-25(12-70)96-51(91)38(86)37(43)85)101-26(13-71)44(50)103-52-29(63-16(3)74)45(32(80)21(8-66)97-52)104-54-40(88)49(34(82)22(9-67)99-54)106-55-41(89)48(33(81)23(10-68)100-55)105-53-39(87)36(84)31(79)20(7-65)98-53/h17-56,64-71,75-91H,4-13H2,1-3H3,(H,61,72)(H,62,73)(H,63,74)(H,92,93)(H,94,95)/t17-,18-,19+,20+,21+,22+,23+,24+,25+,26+,27+,28+,29+,30+,31-,32-,33-,34-,35+,36-,37+,38+,39+,40+,41+,42+,43+,44-,45+,46+,47+,48-,49-,50+,51+,52-,53+,54-,55+,56-,59+,60-/m0/s1.